The lowest BCUT2D eigenvalue weighted by atomic mass is 10.1. The predicted octanol–water partition coefficient (Wildman–Crippen LogP) is 3.84. The van der Waals surface area contributed by atoms with Crippen molar-refractivity contribution in [1.82, 2.24) is 14.1 Å². The summed E-state index contributed by atoms with van der Waals surface area (Å²) in [6.45, 7) is 1.87. The van der Waals surface area contributed by atoms with Crippen LogP contribution in [-0.4, -0.2) is 35.5 Å². The lowest BCUT2D eigenvalue weighted by Crippen LogP contribution is -2.49. The first kappa shape index (κ1) is 20.6. The zero-order chi connectivity index (χ0) is 22.4. The molecule has 1 aromatic heterocycles. The van der Waals surface area contributed by atoms with E-state index in [0.717, 1.165) is 17.4 Å². The molecule has 0 spiro atoms. The molecule has 0 bridgehead atoms. The molecular formula is C21H20F3N6O+. The van der Waals surface area contributed by atoms with Gasteiger partial charge in [0.1, 0.15) is 18.4 Å². The molecule has 0 fully saturated rings. The first-order valence-corrected chi connectivity index (χ1v) is 9.31. The maximum Gasteiger partial charge on any atom is 0.422 e. The van der Waals surface area contributed by atoms with Gasteiger partial charge in [-0.2, -0.15) is 18.2 Å². The molecule has 3 aromatic rings. The standard InChI is InChI=1S/C21H20F3N6O/c1-13-11-29(12-26-13)16-9-8-14(10-18(16)31-3)19-27-20(25)30(2,28-19)17-7-5-4-6-15(17)21(22,23)24/h4-12H,1-3H3,(H2,25,27,28)/q+1. The Hall–Kier alpha value is -3.66. The quantitative estimate of drug-likeness (QED) is 0.641. The van der Waals surface area contributed by atoms with E-state index in [0.29, 0.717) is 11.3 Å². The summed E-state index contributed by atoms with van der Waals surface area (Å²) < 4.78 is 47.4. The van der Waals surface area contributed by atoms with Crippen LogP contribution in [0, 0.1) is 6.92 Å². The van der Waals surface area contributed by atoms with Crippen molar-refractivity contribution in [1.29, 1.82) is 0 Å². The topological polar surface area (TPSA) is 77.8 Å². The number of imidazole rings is 1. The number of aliphatic imine (C=N–C) groups is 1. The van der Waals surface area contributed by atoms with Crippen LogP contribution in [0.15, 0.2) is 65.1 Å². The average molecular weight is 429 g/mol. The Bertz CT molecular complexity index is 1210. The SMILES string of the molecule is COc1cc(C2=N[N+](C)(c3ccccc3C(F)(F)F)C(N)=N2)ccc1-n1cnc(C)c1. The lowest BCUT2D eigenvalue weighted by Gasteiger charge is -2.24. The van der Waals surface area contributed by atoms with Gasteiger partial charge in [0.15, 0.2) is 5.69 Å². The second-order valence-corrected chi connectivity index (χ2v) is 7.18. The van der Waals surface area contributed by atoms with E-state index >= 15 is 0 Å². The summed E-state index contributed by atoms with van der Waals surface area (Å²) in [6, 6.07) is 10.5. The van der Waals surface area contributed by atoms with Gasteiger partial charge in [0.05, 0.1) is 24.8 Å². The van der Waals surface area contributed by atoms with E-state index in [9.17, 15) is 13.2 Å². The number of aromatic nitrogens is 2. The van der Waals surface area contributed by atoms with Crippen LogP contribution in [0.2, 0.25) is 0 Å². The van der Waals surface area contributed by atoms with Crippen molar-refractivity contribution in [2.75, 3.05) is 14.2 Å². The second kappa shape index (κ2) is 7.24. The number of guanidine groups is 1. The Labute approximate surface area is 176 Å². The maximum absolute atomic E-state index is 13.6. The highest BCUT2D eigenvalue weighted by Gasteiger charge is 2.45. The molecule has 7 nitrogen and oxygen atoms in total. The van der Waals surface area contributed by atoms with E-state index in [2.05, 4.69) is 15.1 Å². The number of amidine groups is 1. The molecule has 1 aliphatic heterocycles. The summed E-state index contributed by atoms with van der Waals surface area (Å²) in [4.78, 5) is 8.48. The molecule has 1 unspecified atom stereocenters. The van der Waals surface area contributed by atoms with E-state index in [1.54, 1.807) is 24.5 Å². The van der Waals surface area contributed by atoms with Crippen LogP contribution in [0.25, 0.3) is 5.69 Å². The largest absolute Gasteiger partial charge is 0.495 e. The molecule has 1 atom stereocenters. The number of nitrogens with two attached hydrogens (primary N) is 1. The zero-order valence-corrected chi connectivity index (χ0v) is 17.1. The van der Waals surface area contributed by atoms with Gasteiger partial charge in [-0.3, -0.25) is 0 Å². The van der Waals surface area contributed by atoms with E-state index in [1.807, 2.05) is 17.7 Å². The third-order valence-electron chi connectivity index (χ3n) is 5.07. The molecule has 0 aliphatic carbocycles. The summed E-state index contributed by atoms with van der Waals surface area (Å²) in [5, 5.41) is 4.45. The van der Waals surface area contributed by atoms with Gasteiger partial charge in [-0.25, -0.2) is 4.98 Å². The second-order valence-electron chi connectivity index (χ2n) is 7.18. The Kier molecular flexibility index (Phi) is 4.81. The number of ether oxygens (including phenoxy) is 1. The normalized spacial score (nSPS) is 18.6. The van der Waals surface area contributed by atoms with Gasteiger partial charge in [0.25, 0.3) is 0 Å². The molecule has 160 valence electrons. The number of halogens is 3. The number of para-hydroxylation sites is 1. The molecule has 10 heteroatoms. The Morgan fingerprint density at radius 2 is 1.87 bits per heavy atom. The summed E-state index contributed by atoms with van der Waals surface area (Å²) in [5.41, 5.74) is 7.31. The van der Waals surface area contributed by atoms with Crippen LogP contribution < -0.4 is 15.1 Å². The molecule has 4 rings (SSSR count). The van der Waals surface area contributed by atoms with Gasteiger partial charge in [0.2, 0.25) is 5.84 Å². The minimum atomic E-state index is -4.55. The van der Waals surface area contributed by atoms with Crippen LogP contribution in [0.3, 0.4) is 0 Å². The molecule has 31 heavy (non-hydrogen) atoms. The number of methoxy groups -OCH3 is 1. The van der Waals surface area contributed by atoms with Crippen molar-refractivity contribution in [2.24, 2.45) is 15.8 Å². The van der Waals surface area contributed by atoms with Crippen molar-refractivity contribution < 1.29 is 17.9 Å². The molecule has 2 aromatic carbocycles. The van der Waals surface area contributed by atoms with Gasteiger partial charge < -0.3 is 15.0 Å². The summed E-state index contributed by atoms with van der Waals surface area (Å²) in [5.74, 6) is 0.673. The third kappa shape index (κ3) is 3.55. The van der Waals surface area contributed by atoms with Crippen LogP contribution in [0.5, 0.6) is 5.75 Å². The Morgan fingerprint density at radius 3 is 2.52 bits per heavy atom. The number of quaternary nitrogens is 1. The fourth-order valence-corrected chi connectivity index (χ4v) is 3.44. The fraction of sp³-hybridized carbons (Fsp3) is 0.190. The zero-order valence-electron chi connectivity index (χ0n) is 17.1. The summed E-state index contributed by atoms with van der Waals surface area (Å²) in [6.07, 6.45) is -1.04. The number of rotatable bonds is 4. The highest BCUT2D eigenvalue weighted by molar-refractivity contribution is 6.12. The van der Waals surface area contributed by atoms with Gasteiger partial charge >= 0.3 is 12.1 Å². The van der Waals surface area contributed by atoms with Crippen LogP contribution in [0.4, 0.5) is 18.9 Å². The fourth-order valence-electron chi connectivity index (χ4n) is 3.44. The lowest BCUT2D eigenvalue weighted by molar-refractivity contribution is -0.137. The number of nitrogens with zero attached hydrogens (tertiary/aromatic N) is 5. The smallest absolute Gasteiger partial charge is 0.422 e. The van der Waals surface area contributed by atoms with Crippen molar-refractivity contribution in [3.8, 4) is 11.4 Å². The van der Waals surface area contributed by atoms with Gasteiger partial charge in [-0.05, 0) is 36.3 Å². The van der Waals surface area contributed by atoms with Gasteiger partial charge in [-0.15, -0.1) is 4.59 Å². The summed E-state index contributed by atoms with van der Waals surface area (Å²) >= 11 is 0. The van der Waals surface area contributed by atoms with E-state index in [4.69, 9.17) is 10.5 Å². The Balaban J connectivity index is 1.78. The van der Waals surface area contributed by atoms with E-state index in [1.165, 1.54) is 32.4 Å². The molecule has 2 heterocycles. The Morgan fingerprint density at radius 1 is 1.13 bits per heavy atom. The monoisotopic (exact) mass is 429 g/mol. The van der Waals surface area contributed by atoms with Gasteiger partial charge in [0, 0.05) is 17.8 Å². The van der Waals surface area contributed by atoms with Crippen molar-refractivity contribution in [3.63, 3.8) is 0 Å². The number of benzene rings is 2. The first-order chi connectivity index (χ1) is 14.6. The number of aryl methyl sites for hydroxylation is 1. The van der Waals surface area contributed by atoms with Crippen molar-refractivity contribution >= 4 is 17.5 Å². The van der Waals surface area contributed by atoms with Crippen LogP contribution >= 0.6 is 0 Å². The molecule has 0 amide bonds. The van der Waals surface area contributed by atoms with Gasteiger partial charge in [-0.1, -0.05) is 12.1 Å². The highest BCUT2D eigenvalue weighted by atomic mass is 19.4. The molecule has 2 N–H and O–H groups in total. The molecular weight excluding hydrogens is 409 g/mol. The molecule has 0 saturated carbocycles. The molecule has 0 saturated heterocycles. The summed E-state index contributed by atoms with van der Waals surface area (Å²) in [7, 11) is 3.00. The molecule has 1 aliphatic rings. The van der Waals surface area contributed by atoms with Crippen molar-refractivity contribution in [2.45, 2.75) is 13.1 Å². The predicted molar refractivity (Wildman–Crippen MR) is 112 cm³/mol. The third-order valence-corrected chi connectivity index (χ3v) is 5.07. The highest BCUT2D eigenvalue weighted by Crippen LogP contribution is 2.40. The van der Waals surface area contributed by atoms with Crippen LogP contribution in [0.1, 0.15) is 16.8 Å². The maximum atomic E-state index is 13.6. The number of hydrogen-bond donors (Lipinski definition) is 1. The number of alkyl halides is 3. The van der Waals surface area contributed by atoms with Crippen LogP contribution in [-0.2, 0) is 6.18 Å². The average Bonchev–Trinajstić information content (AvgIpc) is 3.30. The first-order valence-electron chi connectivity index (χ1n) is 9.31. The van der Waals surface area contributed by atoms with E-state index in [-0.39, 0.29) is 17.5 Å². The minimum Gasteiger partial charge on any atom is -0.495 e. The molecule has 0 radical (unpaired) electrons. The van der Waals surface area contributed by atoms with Crippen molar-refractivity contribution in [3.05, 3.63) is 71.8 Å². The van der Waals surface area contributed by atoms with E-state index < -0.39 is 16.3 Å². The number of hydrogen-bond acceptors (Lipinski definition) is 5. The minimum absolute atomic E-state index is 0.0695.